The molecule has 1 aromatic carbocycles. The van der Waals surface area contributed by atoms with Crippen LogP contribution in [0.15, 0.2) is 24.3 Å². The summed E-state index contributed by atoms with van der Waals surface area (Å²) in [6.45, 7) is 7.55. The SMILES string of the molecule is CC1CCC(C(C)C)N(C(=O)CNC(=O)NCc2ccc(F)cc2)CC1. The number of amides is 3. The van der Waals surface area contributed by atoms with E-state index in [0.717, 1.165) is 31.4 Å². The van der Waals surface area contributed by atoms with Gasteiger partial charge in [0.25, 0.3) is 0 Å². The van der Waals surface area contributed by atoms with Gasteiger partial charge in [-0.05, 0) is 48.8 Å². The number of benzene rings is 1. The molecule has 1 aliphatic heterocycles. The third kappa shape index (κ3) is 6.00. The van der Waals surface area contributed by atoms with Crippen molar-refractivity contribution in [3.63, 3.8) is 0 Å². The van der Waals surface area contributed by atoms with Crippen molar-refractivity contribution in [3.05, 3.63) is 35.6 Å². The van der Waals surface area contributed by atoms with Gasteiger partial charge < -0.3 is 15.5 Å². The Hall–Kier alpha value is -2.11. The zero-order valence-electron chi connectivity index (χ0n) is 15.9. The van der Waals surface area contributed by atoms with Gasteiger partial charge in [-0.3, -0.25) is 4.79 Å². The lowest BCUT2D eigenvalue weighted by molar-refractivity contribution is -0.133. The third-order valence-corrected chi connectivity index (χ3v) is 5.07. The van der Waals surface area contributed by atoms with Crippen LogP contribution < -0.4 is 10.6 Å². The molecule has 2 N–H and O–H groups in total. The van der Waals surface area contributed by atoms with Gasteiger partial charge in [0.15, 0.2) is 0 Å². The van der Waals surface area contributed by atoms with Crippen LogP contribution >= 0.6 is 0 Å². The number of hydrogen-bond acceptors (Lipinski definition) is 2. The molecule has 0 radical (unpaired) electrons. The fraction of sp³-hybridized carbons (Fsp3) is 0.600. The van der Waals surface area contributed by atoms with E-state index in [-0.39, 0.29) is 30.9 Å². The summed E-state index contributed by atoms with van der Waals surface area (Å²) < 4.78 is 12.9. The minimum atomic E-state index is -0.396. The number of carbonyl (C=O) groups excluding carboxylic acids is 2. The largest absolute Gasteiger partial charge is 0.338 e. The highest BCUT2D eigenvalue weighted by Crippen LogP contribution is 2.25. The Bertz CT molecular complexity index is 604. The first-order valence-corrected chi connectivity index (χ1v) is 9.42. The van der Waals surface area contributed by atoms with Gasteiger partial charge in [0.05, 0.1) is 6.54 Å². The van der Waals surface area contributed by atoms with Crippen LogP contribution in [0.3, 0.4) is 0 Å². The van der Waals surface area contributed by atoms with Crippen LogP contribution in [0.5, 0.6) is 0 Å². The first-order valence-electron chi connectivity index (χ1n) is 9.42. The molecule has 5 nitrogen and oxygen atoms in total. The quantitative estimate of drug-likeness (QED) is 0.843. The number of carbonyl (C=O) groups is 2. The van der Waals surface area contributed by atoms with Crippen molar-refractivity contribution >= 4 is 11.9 Å². The monoisotopic (exact) mass is 363 g/mol. The molecule has 3 amide bonds. The van der Waals surface area contributed by atoms with Crippen molar-refractivity contribution < 1.29 is 14.0 Å². The van der Waals surface area contributed by atoms with E-state index in [1.807, 2.05) is 4.90 Å². The molecule has 1 saturated heterocycles. The first-order chi connectivity index (χ1) is 12.4. The van der Waals surface area contributed by atoms with E-state index in [1.54, 1.807) is 12.1 Å². The summed E-state index contributed by atoms with van der Waals surface area (Å²) in [5.41, 5.74) is 0.800. The summed E-state index contributed by atoms with van der Waals surface area (Å²) in [5.74, 6) is 0.683. The number of urea groups is 1. The highest BCUT2D eigenvalue weighted by Gasteiger charge is 2.29. The fourth-order valence-electron chi connectivity index (χ4n) is 3.39. The van der Waals surface area contributed by atoms with Gasteiger partial charge in [-0.15, -0.1) is 0 Å². The summed E-state index contributed by atoms with van der Waals surface area (Å²) >= 11 is 0. The van der Waals surface area contributed by atoms with Gasteiger partial charge in [0.2, 0.25) is 5.91 Å². The summed E-state index contributed by atoms with van der Waals surface area (Å²) in [6, 6.07) is 5.78. The van der Waals surface area contributed by atoms with Crippen molar-refractivity contribution in [2.75, 3.05) is 13.1 Å². The first kappa shape index (κ1) is 20.2. The highest BCUT2D eigenvalue weighted by molar-refractivity contribution is 5.84. The second kappa shape index (κ2) is 9.55. The molecule has 0 aliphatic carbocycles. The molecule has 6 heteroatoms. The molecule has 26 heavy (non-hydrogen) atoms. The second-order valence-electron chi connectivity index (χ2n) is 7.53. The van der Waals surface area contributed by atoms with Crippen LogP contribution in [-0.2, 0) is 11.3 Å². The molecule has 1 aromatic rings. The van der Waals surface area contributed by atoms with Gasteiger partial charge in [-0.2, -0.15) is 0 Å². The molecular weight excluding hydrogens is 333 g/mol. The molecule has 1 aliphatic rings. The van der Waals surface area contributed by atoms with Gasteiger partial charge in [-0.25, -0.2) is 9.18 Å². The van der Waals surface area contributed by atoms with Gasteiger partial charge >= 0.3 is 6.03 Å². The average molecular weight is 363 g/mol. The zero-order valence-corrected chi connectivity index (χ0v) is 15.9. The molecule has 2 unspecified atom stereocenters. The van der Waals surface area contributed by atoms with Gasteiger partial charge in [-0.1, -0.05) is 32.9 Å². The van der Waals surface area contributed by atoms with Crippen LogP contribution in [0.25, 0.3) is 0 Å². The van der Waals surface area contributed by atoms with Gasteiger partial charge in [0, 0.05) is 19.1 Å². The number of hydrogen-bond donors (Lipinski definition) is 2. The standard InChI is InChI=1S/C20H30FN3O2/c1-14(2)18-9-4-15(3)10-11-24(18)19(25)13-23-20(26)22-12-16-5-7-17(21)8-6-16/h5-8,14-15,18H,4,9-13H2,1-3H3,(H2,22,23,26). The predicted octanol–water partition coefficient (Wildman–Crippen LogP) is 3.30. The lowest BCUT2D eigenvalue weighted by Crippen LogP contribution is -2.48. The maximum atomic E-state index is 12.9. The van der Waals surface area contributed by atoms with Gasteiger partial charge in [0.1, 0.15) is 5.82 Å². The third-order valence-electron chi connectivity index (χ3n) is 5.07. The van der Waals surface area contributed by atoms with Crippen LogP contribution in [0.4, 0.5) is 9.18 Å². The normalized spacial score (nSPS) is 20.6. The molecule has 1 fully saturated rings. The van der Waals surface area contributed by atoms with Crippen LogP contribution in [0, 0.1) is 17.7 Å². The van der Waals surface area contributed by atoms with Crippen molar-refractivity contribution in [1.82, 2.24) is 15.5 Å². The Morgan fingerprint density at radius 2 is 1.85 bits per heavy atom. The highest BCUT2D eigenvalue weighted by atomic mass is 19.1. The van der Waals surface area contributed by atoms with E-state index in [1.165, 1.54) is 12.1 Å². The predicted molar refractivity (Wildman–Crippen MR) is 100.0 cm³/mol. The molecule has 0 saturated carbocycles. The van der Waals surface area contributed by atoms with E-state index in [4.69, 9.17) is 0 Å². The van der Waals surface area contributed by atoms with E-state index in [9.17, 15) is 14.0 Å². The summed E-state index contributed by atoms with van der Waals surface area (Å²) in [5, 5.41) is 5.32. The average Bonchev–Trinajstić information content (AvgIpc) is 2.81. The van der Waals surface area contributed by atoms with Crippen LogP contribution in [0.2, 0.25) is 0 Å². The Morgan fingerprint density at radius 3 is 2.50 bits per heavy atom. The number of rotatable bonds is 5. The maximum absolute atomic E-state index is 12.9. The topological polar surface area (TPSA) is 61.4 Å². The van der Waals surface area contributed by atoms with E-state index >= 15 is 0 Å². The number of likely N-dealkylation sites (tertiary alicyclic amines) is 1. The lowest BCUT2D eigenvalue weighted by atomic mass is 9.95. The maximum Gasteiger partial charge on any atom is 0.315 e. The van der Waals surface area contributed by atoms with Crippen molar-refractivity contribution in [2.24, 2.45) is 11.8 Å². The summed E-state index contributed by atoms with van der Waals surface area (Å²) in [4.78, 5) is 26.5. The molecule has 0 aromatic heterocycles. The second-order valence-corrected chi connectivity index (χ2v) is 7.53. The van der Waals surface area contributed by atoms with Crippen LogP contribution in [-0.4, -0.2) is 36.0 Å². The van der Waals surface area contributed by atoms with E-state index < -0.39 is 6.03 Å². The fourth-order valence-corrected chi connectivity index (χ4v) is 3.39. The molecule has 1 heterocycles. The van der Waals surface area contributed by atoms with Crippen molar-refractivity contribution in [2.45, 2.75) is 52.6 Å². The summed E-state index contributed by atoms with van der Waals surface area (Å²) in [7, 11) is 0. The minimum Gasteiger partial charge on any atom is -0.338 e. The van der Waals surface area contributed by atoms with E-state index in [2.05, 4.69) is 31.4 Å². The lowest BCUT2D eigenvalue weighted by Gasteiger charge is -2.33. The minimum absolute atomic E-state index is 0.00709. The molecule has 2 atom stereocenters. The Labute approximate surface area is 155 Å². The number of halogens is 1. The Morgan fingerprint density at radius 1 is 1.15 bits per heavy atom. The smallest absolute Gasteiger partial charge is 0.315 e. The Kier molecular flexibility index (Phi) is 7.42. The summed E-state index contributed by atoms with van der Waals surface area (Å²) in [6.07, 6.45) is 3.16. The molecule has 2 rings (SSSR count). The molecule has 0 spiro atoms. The van der Waals surface area contributed by atoms with Crippen molar-refractivity contribution in [1.29, 1.82) is 0 Å². The molecular formula is C20H30FN3O2. The molecule has 144 valence electrons. The number of nitrogens with one attached hydrogen (secondary N) is 2. The van der Waals surface area contributed by atoms with Crippen molar-refractivity contribution in [3.8, 4) is 0 Å². The zero-order chi connectivity index (χ0) is 19.1. The van der Waals surface area contributed by atoms with E-state index in [0.29, 0.717) is 11.8 Å². The molecule has 0 bridgehead atoms. The number of nitrogens with zero attached hydrogens (tertiary/aromatic N) is 1. The Balaban J connectivity index is 1.81. The van der Waals surface area contributed by atoms with Crippen LogP contribution in [0.1, 0.15) is 45.6 Å².